The average molecular weight is 587 g/mol. The largest absolute Gasteiger partial charge is 0.395 e. The third-order valence-corrected chi connectivity index (χ3v) is 8.11. The quantitative estimate of drug-likeness (QED) is 0.230. The van der Waals surface area contributed by atoms with Crippen LogP contribution in [0.5, 0.6) is 0 Å². The molecule has 0 spiro atoms. The maximum atomic E-state index is 13.5. The van der Waals surface area contributed by atoms with E-state index >= 15 is 0 Å². The van der Waals surface area contributed by atoms with Gasteiger partial charge in [-0.15, -0.1) is 0 Å². The van der Waals surface area contributed by atoms with E-state index in [9.17, 15) is 14.7 Å². The number of rotatable bonds is 8. The van der Waals surface area contributed by atoms with Gasteiger partial charge < -0.3 is 25.7 Å². The Balaban J connectivity index is 1.22. The zero-order valence-corrected chi connectivity index (χ0v) is 23.6. The number of amides is 2. The summed E-state index contributed by atoms with van der Waals surface area (Å²) >= 11 is 6.86. The molecule has 0 fully saturated rings. The molecule has 6 rings (SSSR count). The molecule has 0 bridgehead atoms. The van der Waals surface area contributed by atoms with E-state index < -0.39 is 6.10 Å². The minimum atomic E-state index is -0.602. The molecular weight excluding hydrogens is 556 g/mol. The molecule has 1 unspecified atom stereocenters. The van der Waals surface area contributed by atoms with Gasteiger partial charge in [0.05, 0.1) is 29.1 Å². The minimum Gasteiger partial charge on any atom is -0.395 e. The molecule has 4 N–H and O–H groups in total. The average Bonchev–Trinajstić information content (AvgIpc) is 3.64. The number of nitrogens with one attached hydrogen (secondary N) is 2. The number of fused-ring (bicyclic) bond motifs is 2. The first kappa shape index (κ1) is 28.0. The van der Waals surface area contributed by atoms with Crippen molar-refractivity contribution < 1.29 is 19.8 Å². The Bertz CT molecular complexity index is 1640. The van der Waals surface area contributed by atoms with Crippen LogP contribution in [0.3, 0.4) is 0 Å². The van der Waals surface area contributed by atoms with Crippen molar-refractivity contribution in [2.75, 3.05) is 29.9 Å². The molecule has 2 aromatic carbocycles. The third kappa shape index (κ3) is 5.41. The normalized spacial score (nSPS) is 15.8. The number of hydrogen-bond donors (Lipinski definition) is 4. The minimum absolute atomic E-state index is 0.0502. The summed E-state index contributed by atoms with van der Waals surface area (Å²) in [4.78, 5) is 32.5. The van der Waals surface area contributed by atoms with Gasteiger partial charge in [-0.05, 0) is 60.2 Å². The van der Waals surface area contributed by atoms with Gasteiger partial charge in [-0.3, -0.25) is 19.3 Å². The summed E-state index contributed by atoms with van der Waals surface area (Å²) in [5.74, 6) is -0.582. The molecule has 4 aromatic rings. The summed E-state index contributed by atoms with van der Waals surface area (Å²) in [5, 5.41) is 30.1. The molecule has 2 aromatic heterocycles. The summed E-state index contributed by atoms with van der Waals surface area (Å²) in [7, 11) is 0. The Morgan fingerprint density at radius 3 is 2.67 bits per heavy atom. The molecule has 4 heterocycles. The Kier molecular flexibility index (Phi) is 8.03. The fourth-order valence-electron chi connectivity index (χ4n) is 5.60. The lowest BCUT2D eigenvalue weighted by Crippen LogP contribution is -2.29. The molecular formula is C31H31ClN6O4. The van der Waals surface area contributed by atoms with E-state index in [1.165, 1.54) is 0 Å². The van der Waals surface area contributed by atoms with Crippen molar-refractivity contribution in [2.24, 2.45) is 0 Å². The summed E-state index contributed by atoms with van der Waals surface area (Å²) in [5.41, 5.74) is 6.06. The van der Waals surface area contributed by atoms with E-state index in [0.29, 0.717) is 61.1 Å². The van der Waals surface area contributed by atoms with Crippen LogP contribution in [0.15, 0.2) is 60.8 Å². The van der Waals surface area contributed by atoms with E-state index in [-0.39, 0.29) is 24.1 Å². The van der Waals surface area contributed by atoms with Crippen LogP contribution in [0, 0.1) is 0 Å². The topological polar surface area (TPSA) is 133 Å². The van der Waals surface area contributed by atoms with Gasteiger partial charge in [0.2, 0.25) is 0 Å². The molecule has 2 amide bonds. The molecule has 0 radical (unpaired) electrons. The number of halogens is 1. The lowest BCUT2D eigenvalue weighted by molar-refractivity contribution is 0.0981. The second-order valence-corrected chi connectivity index (χ2v) is 10.8. The van der Waals surface area contributed by atoms with Crippen LogP contribution >= 0.6 is 11.6 Å². The number of aliphatic hydroxyl groups excluding tert-OH is 2. The van der Waals surface area contributed by atoms with Crippen LogP contribution in [0.2, 0.25) is 5.02 Å². The molecule has 1 atom stereocenters. The smallest absolute Gasteiger partial charge is 0.278 e. The highest BCUT2D eigenvalue weighted by Crippen LogP contribution is 2.41. The fraction of sp³-hybridized carbons (Fsp3) is 0.290. The van der Waals surface area contributed by atoms with E-state index in [0.717, 1.165) is 34.4 Å². The number of carbonyl (C=O) groups excluding carboxylic acids is 2. The Labute approximate surface area is 248 Å². The van der Waals surface area contributed by atoms with Crippen LogP contribution in [-0.2, 0) is 19.5 Å². The first-order valence-corrected chi connectivity index (χ1v) is 14.4. The van der Waals surface area contributed by atoms with Crippen LogP contribution in [0.4, 0.5) is 11.4 Å². The Morgan fingerprint density at radius 1 is 1.05 bits per heavy atom. The van der Waals surface area contributed by atoms with Crippen molar-refractivity contribution in [3.8, 4) is 11.1 Å². The van der Waals surface area contributed by atoms with Gasteiger partial charge in [0, 0.05) is 43.6 Å². The van der Waals surface area contributed by atoms with E-state index in [2.05, 4.69) is 20.7 Å². The molecule has 2 aliphatic heterocycles. The predicted molar refractivity (Wildman–Crippen MR) is 160 cm³/mol. The first-order chi connectivity index (χ1) is 20.4. The van der Waals surface area contributed by atoms with Crippen molar-refractivity contribution in [1.82, 2.24) is 20.1 Å². The van der Waals surface area contributed by atoms with Gasteiger partial charge in [0.25, 0.3) is 11.8 Å². The van der Waals surface area contributed by atoms with Crippen molar-refractivity contribution in [3.05, 3.63) is 94.0 Å². The molecule has 2 aliphatic rings. The third-order valence-electron chi connectivity index (χ3n) is 7.70. The highest BCUT2D eigenvalue weighted by molar-refractivity contribution is 6.36. The van der Waals surface area contributed by atoms with Crippen molar-refractivity contribution in [2.45, 2.75) is 38.5 Å². The lowest BCUT2D eigenvalue weighted by atomic mass is 9.97. The van der Waals surface area contributed by atoms with Gasteiger partial charge in [0.1, 0.15) is 5.69 Å². The van der Waals surface area contributed by atoms with Crippen LogP contribution in [0.25, 0.3) is 11.1 Å². The molecule has 42 heavy (non-hydrogen) atoms. The number of benzene rings is 2. The summed E-state index contributed by atoms with van der Waals surface area (Å²) in [6, 6.07) is 16.4. The molecule has 11 heteroatoms. The van der Waals surface area contributed by atoms with Crippen LogP contribution in [-0.4, -0.2) is 56.5 Å². The second-order valence-electron chi connectivity index (χ2n) is 10.4. The van der Waals surface area contributed by atoms with Crippen molar-refractivity contribution in [1.29, 1.82) is 0 Å². The van der Waals surface area contributed by atoms with Crippen LogP contribution in [0.1, 0.15) is 56.7 Å². The van der Waals surface area contributed by atoms with E-state index in [4.69, 9.17) is 16.7 Å². The Hall–Kier alpha value is -4.09. The van der Waals surface area contributed by atoms with Gasteiger partial charge in [0.15, 0.2) is 5.69 Å². The van der Waals surface area contributed by atoms with E-state index in [1.807, 2.05) is 36.4 Å². The number of nitrogens with zero attached hydrogens (tertiary/aromatic N) is 4. The summed E-state index contributed by atoms with van der Waals surface area (Å²) in [6.07, 6.45) is 3.16. The first-order valence-electron chi connectivity index (χ1n) is 14.0. The van der Waals surface area contributed by atoms with Crippen molar-refractivity contribution >= 4 is 34.8 Å². The lowest BCUT2D eigenvalue weighted by Gasteiger charge is -2.18. The van der Waals surface area contributed by atoms with Gasteiger partial charge in [-0.25, -0.2) is 0 Å². The maximum Gasteiger partial charge on any atom is 0.278 e. The zero-order chi connectivity index (χ0) is 29.2. The standard InChI is InChI=1S/C31H31ClN6O4/c32-29-22(5-1-6-23(29)35-30(41)24-10-9-19(18-34-24)17-33-12-15-39)20-4-2-7-26-21(20)11-14-37(26)31(42)25-16-27-28(40)8-3-13-38(27)36-25/h1-2,4-7,9-10,16,18,28,33,39-40H,3,8,11-15,17H2,(H,35,41). The maximum absolute atomic E-state index is 13.5. The van der Waals surface area contributed by atoms with Gasteiger partial charge >= 0.3 is 0 Å². The summed E-state index contributed by atoms with van der Waals surface area (Å²) in [6.45, 7) is 2.26. The number of pyridine rings is 1. The highest BCUT2D eigenvalue weighted by atomic mass is 35.5. The number of hydrogen-bond acceptors (Lipinski definition) is 7. The fourth-order valence-corrected chi connectivity index (χ4v) is 5.87. The number of aromatic nitrogens is 3. The number of aryl methyl sites for hydroxylation is 1. The van der Waals surface area contributed by atoms with E-state index in [1.54, 1.807) is 34.0 Å². The second kappa shape index (κ2) is 12.0. The molecule has 0 aliphatic carbocycles. The van der Waals surface area contributed by atoms with Gasteiger partial charge in [-0.1, -0.05) is 41.9 Å². The predicted octanol–water partition coefficient (Wildman–Crippen LogP) is 3.96. The number of aliphatic hydroxyl groups is 2. The van der Waals surface area contributed by atoms with Gasteiger partial charge in [-0.2, -0.15) is 5.10 Å². The molecule has 0 saturated carbocycles. The SMILES string of the molecule is O=C(Nc1cccc(-c2cccc3c2CCN3C(=O)c2cc3n(n2)CCCC3O)c1Cl)c1ccc(CNCCO)cn1. The summed E-state index contributed by atoms with van der Waals surface area (Å²) < 4.78 is 1.73. The van der Waals surface area contributed by atoms with Crippen LogP contribution < -0.4 is 15.5 Å². The number of carbonyl (C=O) groups is 2. The molecule has 10 nitrogen and oxygen atoms in total. The Morgan fingerprint density at radius 2 is 1.88 bits per heavy atom. The monoisotopic (exact) mass is 586 g/mol. The zero-order valence-electron chi connectivity index (χ0n) is 22.9. The highest BCUT2D eigenvalue weighted by Gasteiger charge is 2.31. The number of anilines is 2. The molecule has 216 valence electrons. The molecule has 0 saturated heterocycles. The van der Waals surface area contributed by atoms with Crippen molar-refractivity contribution in [3.63, 3.8) is 0 Å².